The molecular formula is C17H14ClFN2O2S2. The molecule has 1 aliphatic heterocycles. The van der Waals surface area contributed by atoms with Gasteiger partial charge in [0, 0.05) is 14.8 Å². The summed E-state index contributed by atoms with van der Waals surface area (Å²) < 4.78 is 13.0. The maximum Gasteiger partial charge on any atom is 0.244 e. The predicted octanol–water partition coefficient (Wildman–Crippen LogP) is 4.10. The fraction of sp³-hybridized carbons (Fsp3) is 0.176. The number of halogens is 2. The van der Waals surface area contributed by atoms with Crippen molar-refractivity contribution >= 4 is 52.6 Å². The van der Waals surface area contributed by atoms with E-state index < -0.39 is 0 Å². The third-order valence-electron chi connectivity index (χ3n) is 3.42. The zero-order valence-electron chi connectivity index (χ0n) is 13.0. The Morgan fingerprint density at radius 3 is 2.72 bits per heavy atom. The number of benzene rings is 2. The molecule has 25 heavy (non-hydrogen) atoms. The molecule has 130 valence electrons. The van der Waals surface area contributed by atoms with Crippen LogP contribution in [0.1, 0.15) is 0 Å². The summed E-state index contributed by atoms with van der Waals surface area (Å²) in [5.74, 6) is 0.322. The maximum atomic E-state index is 13.0. The van der Waals surface area contributed by atoms with E-state index in [4.69, 9.17) is 11.6 Å². The fourth-order valence-corrected chi connectivity index (χ4v) is 4.18. The second-order valence-electron chi connectivity index (χ2n) is 5.31. The molecular weight excluding hydrogens is 383 g/mol. The number of nitrogens with zero attached hydrogens (tertiary/aromatic N) is 1. The summed E-state index contributed by atoms with van der Waals surface area (Å²) in [4.78, 5) is 27.0. The summed E-state index contributed by atoms with van der Waals surface area (Å²) in [5, 5.41) is 3.30. The van der Waals surface area contributed by atoms with Gasteiger partial charge in [-0.3, -0.25) is 9.59 Å². The van der Waals surface area contributed by atoms with Gasteiger partial charge in [-0.2, -0.15) is 0 Å². The van der Waals surface area contributed by atoms with E-state index in [2.05, 4.69) is 5.32 Å². The summed E-state index contributed by atoms with van der Waals surface area (Å²) in [6.45, 7) is 0.0129. The van der Waals surface area contributed by atoms with E-state index in [0.717, 1.165) is 9.79 Å². The monoisotopic (exact) mass is 396 g/mol. The lowest BCUT2D eigenvalue weighted by Gasteiger charge is -2.16. The summed E-state index contributed by atoms with van der Waals surface area (Å²) >= 11 is 8.92. The van der Waals surface area contributed by atoms with Gasteiger partial charge in [0.1, 0.15) is 12.4 Å². The van der Waals surface area contributed by atoms with Gasteiger partial charge in [-0.15, -0.1) is 11.8 Å². The largest absolute Gasteiger partial charge is 0.323 e. The first-order valence-electron chi connectivity index (χ1n) is 7.39. The second-order valence-corrected chi connectivity index (χ2v) is 7.82. The first-order chi connectivity index (χ1) is 12.0. The molecule has 3 rings (SSSR count). The Morgan fingerprint density at radius 1 is 1.28 bits per heavy atom. The summed E-state index contributed by atoms with van der Waals surface area (Å²) in [7, 11) is 0. The van der Waals surface area contributed by atoms with Crippen molar-refractivity contribution in [1.29, 1.82) is 0 Å². The highest BCUT2D eigenvalue weighted by Gasteiger charge is 2.23. The number of thioether (sulfide) groups is 1. The molecule has 1 heterocycles. The van der Waals surface area contributed by atoms with Gasteiger partial charge < -0.3 is 10.2 Å². The minimum absolute atomic E-state index is 0.0129. The van der Waals surface area contributed by atoms with E-state index in [1.807, 2.05) is 0 Å². The average Bonchev–Trinajstić information content (AvgIpc) is 2.97. The van der Waals surface area contributed by atoms with Crippen LogP contribution < -0.4 is 5.32 Å². The first-order valence-corrected chi connectivity index (χ1v) is 9.74. The third-order valence-corrected chi connectivity index (χ3v) is 5.68. The van der Waals surface area contributed by atoms with Crippen molar-refractivity contribution in [2.75, 3.05) is 23.5 Å². The van der Waals surface area contributed by atoms with Gasteiger partial charge in [0.2, 0.25) is 11.8 Å². The van der Waals surface area contributed by atoms with Crippen LogP contribution in [0.2, 0.25) is 5.02 Å². The van der Waals surface area contributed by atoms with Gasteiger partial charge in [-0.25, -0.2) is 4.39 Å². The number of carbonyl (C=O) groups is 2. The Hall–Kier alpha value is -1.70. The molecule has 0 bridgehead atoms. The number of rotatable bonds is 5. The highest BCUT2D eigenvalue weighted by atomic mass is 35.5. The molecule has 1 N–H and O–H groups in total. The summed E-state index contributed by atoms with van der Waals surface area (Å²) in [6.07, 6.45) is 0. The Bertz CT molecular complexity index is 802. The van der Waals surface area contributed by atoms with Crippen LogP contribution in [0.5, 0.6) is 0 Å². The van der Waals surface area contributed by atoms with Crippen molar-refractivity contribution in [2.45, 2.75) is 9.79 Å². The van der Waals surface area contributed by atoms with Crippen LogP contribution in [-0.4, -0.2) is 34.9 Å². The molecule has 1 saturated heterocycles. The van der Waals surface area contributed by atoms with Crippen LogP contribution in [0.4, 0.5) is 10.1 Å². The molecule has 8 heteroatoms. The number of hydrogen-bond donors (Lipinski definition) is 1. The van der Waals surface area contributed by atoms with Gasteiger partial charge in [-0.1, -0.05) is 23.4 Å². The normalized spacial score (nSPS) is 14.0. The zero-order chi connectivity index (χ0) is 17.8. The maximum absolute atomic E-state index is 13.0. The molecule has 0 spiro atoms. The molecule has 2 amide bonds. The molecule has 1 aliphatic rings. The lowest BCUT2D eigenvalue weighted by molar-refractivity contribution is -0.130. The van der Waals surface area contributed by atoms with Crippen molar-refractivity contribution in [2.24, 2.45) is 0 Å². The molecule has 2 aromatic rings. The lowest BCUT2D eigenvalue weighted by atomic mass is 10.3. The third kappa shape index (κ3) is 4.90. The van der Waals surface area contributed by atoms with Crippen LogP contribution in [0, 0.1) is 5.82 Å². The minimum Gasteiger partial charge on any atom is -0.323 e. The van der Waals surface area contributed by atoms with Crippen molar-refractivity contribution < 1.29 is 14.0 Å². The van der Waals surface area contributed by atoms with Crippen LogP contribution >= 0.6 is 35.1 Å². The van der Waals surface area contributed by atoms with E-state index in [1.165, 1.54) is 40.6 Å². The Kier molecular flexibility index (Phi) is 5.88. The first kappa shape index (κ1) is 18.1. The second kappa shape index (κ2) is 8.12. The number of anilines is 1. The van der Waals surface area contributed by atoms with Crippen molar-refractivity contribution in [3.05, 3.63) is 53.3 Å². The number of carbonyl (C=O) groups excluding carboxylic acids is 2. The molecule has 0 aromatic heterocycles. The number of nitrogens with one attached hydrogen (secondary N) is 1. The quantitative estimate of drug-likeness (QED) is 0.826. The molecule has 0 radical (unpaired) electrons. The Labute approximate surface area is 158 Å². The van der Waals surface area contributed by atoms with Gasteiger partial charge in [0.05, 0.1) is 17.3 Å². The molecule has 0 saturated carbocycles. The SMILES string of the molecule is O=C(CN1CSCC1=O)Nc1cc(Cl)ccc1Sc1ccc(F)cc1. The zero-order valence-corrected chi connectivity index (χ0v) is 15.4. The molecule has 2 aromatic carbocycles. The van der Waals surface area contributed by atoms with Crippen LogP contribution in [0.3, 0.4) is 0 Å². The summed E-state index contributed by atoms with van der Waals surface area (Å²) in [6, 6.07) is 11.3. The Morgan fingerprint density at radius 2 is 2.04 bits per heavy atom. The predicted molar refractivity (Wildman–Crippen MR) is 99.6 cm³/mol. The molecule has 0 atom stereocenters. The molecule has 4 nitrogen and oxygen atoms in total. The average molecular weight is 397 g/mol. The van der Waals surface area contributed by atoms with Gasteiger partial charge >= 0.3 is 0 Å². The summed E-state index contributed by atoms with van der Waals surface area (Å²) in [5.41, 5.74) is 0.561. The molecule has 0 unspecified atom stereocenters. The van der Waals surface area contributed by atoms with Crippen LogP contribution in [0.25, 0.3) is 0 Å². The minimum atomic E-state index is -0.304. The lowest BCUT2D eigenvalue weighted by Crippen LogP contribution is -2.34. The molecule has 1 fully saturated rings. The van der Waals surface area contributed by atoms with Crippen LogP contribution in [-0.2, 0) is 9.59 Å². The van der Waals surface area contributed by atoms with Gasteiger partial charge in [0.25, 0.3) is 0 Å². The van der Waals surface area contributed by atoms with Crippen molar-refractivity contribution in [3.8, 4) is 0 Å². The fourth-order valence-electron chi connectivity index (χ4n) is 2.22. The standard InChI is InChI=1S/C17H14ClFN2O2S2/c18-11-1-6-15(25-13-4-2-12(19)3-5-13)14(7-11)20-16(22)8-21-10-24-9-17(21)23/h1-7H,8-10H2,(H,20,22). The van der Waals surface area contributed by atoms with Crippen molar-refractivity contribution in [3.63, 3.8) is 0 Å². The van der Waals surface area contributed by atoms with Crippen molar-refractivity contribution in [1.82, 2.24) is 4.90 Å². The van der Waals surface area contributed by atoms with E-state index in [-0.39, 0.29) is 24.2 Å². The van der Waals surface area contributed by atoms with Gasteiger partial charge in [0.15, 0.2) is 0 Å². The highest BCUT2D eigenvalue weighted by molar-refractivity contribution is 8.00. The number of amides is 2. The Balaban J connectivity index is 1.73. The number of hydrogen-bond acceptors (Lipinski definition) is 4. The highest BCUT2D eigenvalue weighted by Crippen LogP contribution is 2.35. The van der Waals surface area contributed by atoms with E-state index in [0.29, 0.717) is 22.3 Å². The van der Waals surface area contributed by atoms with E-state index >= 15 is 0 Å². The van der Waals surface area contributed by atoms with E-state index in [9.17, 15) is 14.0 Å². The van der Waals surface area contributed by atoms with Crippen LogP contribution in [0.15, 0.2) is 52.3 Å². The smallest absolute Gasteiger partial charge is 0.244 e. The topological polar surface area (TPSA) is 49.4 Å². The van der Waals surface area contributed by atoms with E-state index in [1.54, 1.807) is 30.3 Å². The molecule has 0 aliphatic carbocycles. The van der Waals surface area contributed by atoms with Gasteiger partial charge in [-0.05, 0) is 42.5 Å².